The first-order chi connectivity index (χ1) is 13.8. The first-order valence-electron chi connectivity index (χ1n) is 9.50. The maximum absolute atomic E-state index is 3.53. The Morgan fingerprint density at radius 2 is 1.14 bits per heavy atom. The van der Waals surface area contributed by atoms with Crippen LogP contribution in [-0.4, -0.2) is 0 Å². The SMILES string of the molecule is c1ccc(Cc2cc(Nc3ccc(Nc4ccccc4)cc3)cc3c2N3)cc1. The molecular weight excluding hydrogens is 342 g/mol. The van der Waals surface area contributed by atoms with Gasteiger partial charge in [0, 0.05) is 22.7 Å². The van der Waals surface area contributed by atoms with Crippen LogP contribution in [0.5, 0.6) is 0 Å². The van der Waals surface area contributed by atoms with Gasteiger partial charge in [-0.05, 0) is 66.1 Å². The summed E-state index contributed by atoms with van der Waals surface area (Å²) in [5.74, 6) is 0. The Bertz CT molecular complexity index is 1090. The first kappa shape index (κ1) is 16.5. The van der Waals surface area contributed by atoms with E-state index < -0.39 is 0 Å². The summed E-state index contributed by atoms with van der Waals surface area (Å²) in [5, 5.41) is 10.3. The van der Waals surface area contributed by atoms with Crippen molar-refractivity contribution in [3.63, 3.8) is 0 Å². The predicted octanol–water partition coefficient (Wildman–Crippen LogP) is 6.82. The Morgan fingerprint density at radius 3 is 1.82 bits per heavy atom. The molecule has 136 valence electrons. The van der Waals surface area contributed by atoms with Crippen molar-refractivity contribution < 1.29 is 0 Å². The summed E-state index contributed by atoms with van der Waals surface area (Å²) < 4.78 is 0. The van der Waals surface area contributed by atoms with E-state index in [4.69, 9.17) is 0 Å². The molecule has 1 aliphatic rings. The first-order valence-corrected chi connectivity index (χ1v) is 9.50. The lowest BCUT2D eigenvalue weighted by molar-refractivity contribution is 1.21. The molecule has 0 fully saturated rings. The van der Waals surface area contributed by atoms with Crippen LogP contribution in [0.3, 0.4) is 0 Å². The van der Waals surface area contributed by atoms with Gasteiger partial charge in [-0.1, -0.05) is 48.5 Å². The molecule has 3 N–H and O–H groups in total. The third-order valence-electron chi connectivity index (χ3n) is 4.89. The number of para-hydroxylation sites is 1. The highest BCUT2D eigenvalue weighted by atomic mass is 15.0. The van der Waals surface area contributed by atoms with Gasteiger partial charge >= 0.3 is 0 Å². The molecule has 4 aromatic rings. The third kappa shape index (κ3) is 3.69. The van der Waals surface area contributed by atoms with Crippen molar-refractivity contribution in [2.75, 3.05) is 16.0 Å². The molecule has 0 aromatic heterocycles. The summed E-state index contributed by atoms with van der Waals surface area (Å²) >= 11 is 0. The van der Waals surface area contributed by atoms with E-state index in [9.17, 15) is 0 Å². The van der Waals surface area contributed by atoms with Crippen LogP contribution in [0.2, 0.25) is 0 Å². The smallest absolute Gasteiger partial charge is 0.0661 e. The molecule has 1 heterocycles. The molecule has 1 aliphatic heterocycles. The van der Waals surface area contributed by atoms with Gasteiger partial charge in [-0.15, -0.1) is 0 Å². The van der Waals surface area contributed by atoms with Gasteiger partial charge in [0.2, 0.25) is 0 Å². The molecule has 4 aromatic carbocycles. The van der Waals surface area contributed by atoms with E-state index in [-0.39, 0.29) is 0 Å². The summed E-state index contributed by atoms with van der Waals surface area (Å²) in [6, 6.07) is 33.6. The molecule has 0 saturated heterocycles. The second-order valence-corrected chi connectivity index (χ2v) is 7.04. The molecule has 0 spiro atoms. The van der Waals surface area contributed by atoms with Crippen LogP contribution in [0.4, 0.5) is 34.1 Å². The monoisotopic (exact) mass is 363 g/mol. The number of hydrogen-bond donors (Lipinski definition) is 3. The average molecular weight is 363 g/mol. The highest BCUT2D eigenvalue weighted by Gasteiger charge is 2.21. The maximum Gasteiger partial charge on any atom is 0.0661 e. The van der Waals surface area contributed by atoms with Crippen molar-refractivity contribution in [3.8, 4) is 0 Å². The van der Waals surface area contributed by atoms with Crippen molar-refractivity contribution >= 4 is 34.1 Å². The van der Waals surface area contributed by atoms with Crippen LogP contribution in [-0.2, 0) is 6.42 Å². The number of benzene rings is 4. The van der Waals surface area contributed by atoms with Gasteiger partial charge in [0.05, 0.1) is 11.4 Å². The molecule has 28 heavy (non-hydrogen) atoms. The van der Waals surface area contributed by atoms with Gasteiger partial charge in [0.1, 0.15) is 0 Å². The van der Waals surface area contributed by atoms with Crippen molar-refractivity contribution in [2.24, 2.45) is 0 Å². The Hall–Kier alpha value is -3.72. The Morgan fingerprint density at radius 1 is 0.571 bits per heavy atom. The summed E-state index contributed by atoms with van der Waals surface area (Å²) in [4.78, 5) is 0. The van der Waals surface area contributed by atoms with Crippen molar-refractivity contribution in [2.45, 2.75) is 6.42 Å². The van der Waals surface area contributed by atoms with Crippen LogP contribution >= 0.6 is 0 Å². The van der Waals surface area contributed by atoms with Gasteiger partial charge in [-0.2, -0.15) is 0 Å². The molecule has 0 atom stereocenters. The minimum Gasteiger partial charge on any atom is -0.356 e. The second kappa shape index (κ2) is 7.12. The number of nitrogens with one attached hydrogen (secondary N) is 3. The van der Waals surface area contributed by atoms with Crippen molar-refractivity contribution in [3.05, 3.63) is 108 Å². The highest BCUT2D eigenvalue weighted by Crippen LogP contribution is 2.45. The van der Waals surface area contributed by atoms with Crippen LogP contribution in [0.1, 0.15) is 11.1 Å². The molecule has 0 saturated carbocycles. The summed E-state index contributed by atoms with van der Waals surface area (Å²) in [5.41, 5.74) is 9.49. The van der Waals surface area contributed by atoms with Crippen LogP contribution in [0.25, 0.3) is 0 Å². The highest BCUT2D eigenvalue weighted by molar-refractivity contribution is 5.95. The minimum atomic E-state index is 0.936. The summed E-state index contributed by atoms with van der Waals surface area (Å²) in [7, 11) is 0. The molecule has 0 amide bonds. The standard InChI is InChI=1S/C25H21N3/c1-3-7-18(8-4-1)15-19-16-23(17-24-25(19)28-24)27-22-13-11-21(12-14-22)26-20-9-5-2-6-10-20/h1-14,16-17,26-28H,15H2. The third-order valence-corrected chi connectivity index (χ3v) is 4.89. The molecule has 0 unspecified atom stereocenters. The van der Waals surface area contributed by atoms with E-state index in [2.05, 4.69) is 94.8 Å². The number of fused-ring (bicyclic) bond motifs is 1. The molecule has 3 nitrogen and oxygen atoms in total. The molecule has 0 bridgehead atoms. The molecule has 0 radical (unpaired) electrons. The molecule has 5 rings (SSSR count). The van der Waals surface area contributed by atoms with Gasteiger partial charge in [-0.3, -0.25) is 0 Å². The topological polar surface area (TPSA) is 46.0 Å². The van der Waals surface area contributed by atoms with Gasteiger partial charge in [0.15, 0.2) is 0 Å². The predicted molar refractivity (Wildman–Crippen MR) is 118 cm³/mol. The van der Waals surface area contributed by atoms with Crippen molar-refractivity contribution in [1.82, 2.24) is 0 Å². The van der Waals surface area contributed by atoms with Crippen LogP contribution in [0, 0.1) is 0 Å². The zero-order valence-corrected chi connectivity index (χ0v) is 15.4. The molecule has 0 aliphatic carbocycles. The number of hydrogen-bond acceptors (Lipinski definition) is 3. The van der Waals surface area contributed by atoms with E-state index in [1.807, 2.05) is 18.2 Å². The zero-order valence-electron chi connectivity index (χ0n) is 15.4. The fraction of sp³-hybridized carbons (Fsp3) is 0.0400. The normalized spacial score (nSPS) is 11.3. The fourth-order valence-electron chi connectivity index (χ4n) is 3.44. The van der Waals surface area contributed by atoms with E-state index in [0.29, 0.717) is 0 Å². The second-order valence-electron chi connectivity index (χ2n) is 7.04. The number of rotatable bonds is 6. The van der Waals surface area contributed by atoms with E-state index in [1.165, 1.54) is 22.5 Å². The van der Waals surface area contributed by atoms with Crippen LogP contribution < -0.4 is 16.0 Å². The zero-order chi connectivity index (χ0) is 18.8. The van der Waals surface area contributed by atoms with Crippen molar-refractivity contribution in [1.29, 1.82) is 0 Å². The largest absolute Gasteiger partial charge is 0.356 e. The molecule has 3 heteroatoms. The fourth-order valence-corrected chi connectivity index (χ4v) is 3.44. The van der Waals surface area contributed by atoms with Crippen LogP contribution in [0.15, 0.2) is 97.1 Å². The molecular formula is C25H21N3. The lowest BCUT2D eigenvalue weighted by Crippen LogP contribution is -1.93. The minimum absolute atomic E-state index is 0.936. The Labute approximate surface area is 165 Å². The maximum atomic E-state index is 3.53. The van der Waals surface area contributed by atoms with E-state index >= 15 is 0 Å². The number of anilines is 6. The van der Waals surface area contributed by atoms with Gasteiger partial charge < -0.3 is 16.0 Å². The Balaban J connectivity index is 1.30. The van der Waals surface area contributed by atoms with E-state index in [0.717, 1.165) is 29.2 Å². The Kier molecular flexibility index (Phi) is 4.19. The van der Waals surface area contributed by atoms with Gasteiger partial charge in [-0.25, -0.2) is 0 Å². The summed E-state index contributed by atoms with van der Waals surface area (Å²) in [6.07, 6.45) is 0.936. The summed E-state index contributed by atoms with van der Waals surface area (Å²) in [6.45, 7) is 0. The average Bonchev–Trinajstić information content (AvgIpc) is 3.51. The lowest BCUT2D eigenvalue weighted by atomic mass is 10.0. The van der Waals surface area contributed by atoms with E-state index in [1.54, 1.807) is 0 Å². The van der Waals surface area contributed by atoms with Gasteiger partial charge in [0.25, 0.3) is 0 Å². The quantitative estimate of drug-likeness (QED) is 0.290. The lowest BCUT2D eigenvalue weighted by Gasteiger charge is -2.10.